The van der Waals surface area contributed by atoms with Gasteiger partial charge < -0.3 is 5.32 Å². The molecule has 102 valence electrons. The summed E-state index contributed by atoms with van der Waals surface area (Å²) in [4.78, 5) is 0. The van der Waals surface area contributed by atoms with Gasteiger partial charge in [0.15, 0.2) is 0 Å². The van der Waals surface area contributed by atoms with Crippen molar-refractivity contribution in [1.82, 2.24) is 0 Å². The van der Waals surface area contributed by atoms with E-state index in [-0.39, 0.29) is 6.04 Å². The molecule has 0 aliphatic heterocycles. The molecule has 1 N–H and O–H groups in total. The minimum atomic E-state index is 0.177. The Morgan fingerprint density at radius 3 is 2.40 bits per heavy atom. The zero-order chi connectivity index (χ0) is 14.5. The molecule has 20 heavy (non-hydrogen) atoms. The van der Waals surface area contributed by atoms with E-state index in [1.54, 1.807) is 12.1 Å². The van der Waals surface area contributed by atoms with Gasteiger partial charge in [-0.1, -0.05) is 42.3 Å². The third kappa shape index (κ3) is 3.45. The summed E-state index contributed by atoms with van der Waals surface area (Å²) in [5.41, 5.74) is 2.55. The Morgan fingerprint density at radius 1 is 1.15 bits per heavy atom. The summed E-state index contributed by atoms with van der Waals surface area (Å²) in [6.07, 6.45) is 0.930. The van der Waals surface area contributed by atoms with Gasteiger partial charge in [0.1, 0.15) is 6.07 Å². The molecule has 1 atom stereocenters. The summed E-state index contributed by atoms with van der Waals surface area (Å²) in [6.45, 7) is 2.11. The zero-order valence-electron chi connectivity index (χ0n) is 11.0. The van der Waals surface area contributed by atoms with E-state index in [4.69, 9.17) is 28.5 Å². The van der Waals surface area contributed by atoms with E-state index < -0.39 is 0 Å². The third-order valence-corrected chi connectivity index (χ3v) is 3.68. The summed E-state index contributed by atoms with van der Waals surface area (Å²) >= 11 is 11.9. The number of nitriles is 1. The van der Waals surface area contributed by atoms with Gasteiger partial charge in [-0.15, -0.1) is 0 Å². The van der Waals surface area contributed by atoms with Crippen LogP contribution in [0.3, 0.4) is 0 Å². The monoisotopic (exact) mass is 304 g/mol. The Balaban J connectivity index is 2.20. The van der Waals surface area contributed by atoms with Crippen molar-refractivity contribution in [3.8, 4) is 6.07 Å². The highest BCUT2D eigenvalue weighted by molar-refractivity contribution is 6.32. The van der Waals surface area contributed by atoms with Gasteiger partial charge in [-0.05, 0) is 42.3 Å². The number of rotatable bonds is 4. The van der Waals surface area contributed by atoms with E-state index in [0.29, 0.717) is 10.6 Å². The maximum absolute atomic E-state index is 8.87. The predicted octanol–water partition coefficient (Wildman–Crippen LogP) is 5.43. The lowest BCUT2D eigenvalue weighted by atomic mass is 10.0. The Hall–Kier alpha value is -1.69. The second-order valence-electron chi connectivity index (χ2n) is 4.46. The van der Waals surface area contributed by atoms with Crippen LogP contribution in [-0.2, 0) is 0 Å². The molecule has 0 aliphatic carbocycles. The average Bonchev–Trinajstić information content (AvgIpc) is 2.46. The average molecular weight is 305 g/mol. The van der Waals surface area contributed by atoms with Gasteiger partial charge >= 0.3 is 0 Å². The minimum Gasteiger partial charge on any atom is -0.378 e. The van der Waals surface area contributed by atoms with E-state index in [1.807, 2.05) is 30.3 Å². The summed E-state index contributed by atoms with van der Waals surface area (Å²) in [7, 11) is 0. The second kappa shape index (κ2) is 6.65. The van der Waals surface area contributed by atoms with E-state index >= 15 is 0 Å². The van der Waals surface area contributed by atoms with Crippen molar-refractivity contribution in [2.75, 3.05) is 5.32 Å². The van der Waals surface area contributed by atoms with Crippen molar-refractivity contribution < 1.29 is 0 Å². The van der Waals surface area contributed by atoms with E-state index in [0.717, 1.165) is 22.7 Å². The van der Waals surface area contributed by atoms with Crippen molar-refractivity contribution in [1.29, 1.82) is 5.26 Å². The fourth-order valence-electron chi connectivity index (χ4n) is 2.01. The second-order valence-corrected chi connectivity index (χ2v) is 5.31. The van der Waals surface area contributed by atoms with Gasteiger partial charge in [-0.3, -0.25) is 0 Å². The summed E-state index contributed by atoms with van der Waals surface area (Å²) < 4.78 is 0. The molecular weight excluding hydrogens is 291 g/mol. The number of nitrogens with zero attached hydrogens (tertiary/aromatic N) is 1. The van der Waals surface area contributed by atoms with Crippen LogP contribution >= 0.6 is 23.2 Å². The van der Waals surface area contributed by atoms with Crippen LogP contribution < -0.4 is 5.32 Å². The molecule has 0 heterocycles. The topological polar surface area (TPSA) is 35.8 Å². The normalized spacial score (nSPS) is 11.7. The molecule has 2 nitrogen and oxygen atoms in total. The van der Waals surface area contributed by atoms with E-state index in [1.165, 1.54) is 0 Å². The fourth-order valence-corrected chi connectivity index (χ4v) is 2.36. The molecule has 0 saturated heterocycles. The third-order valence-electron chi connectivity index (χ3n) is 3.11. The molecule has 0 amide bonds. The first kappa shape index (κ1) is 14.7. The van der Waals surface area contributed by atoms with Crippen molar-refractivity contribution in [2.45, 2.75) is 19.4 Å². The van der Waals surface area contributed by atoms with Gasteiger partial charge in [0.2, 0.25) is 0 Å². The molecule has 1 unspecified atom stereocenters. The number of hydrogen-bond donors (Lipinski definition) is 1. The van der Waals surface area contributed by atoms with Gasteiger partial charge in [0.25, 0.3) is 0 Å². The summed E-state index contributed by atoms with van der Waals surface area (Å²) in [6, 6.07) is 15.4. The number of benzene rings is 2. The first-order chi connectivity index (χ1) is 9.63. The Bertz CT molecular complexity index is 630. The van der Waals surface area contributed by atoms with Crippen LogP contribution in [0.25, 0.3) is 0 Å². The maximum atomic E-state index is 8.87. The number of hydrogen-bond acceptors (Lipinski definition) is 2. The first-order valence-electron chi connectivity index (χ1n) is 6.35. The van der Waals surface area contributed by atoms with Crippen LogP contribution in [0.5, 0.6) is 0 Å². The molecule has 0 saturated carbocycles. The highest BCUT2D eigenvalue weighted by atomic mass is 35.5. The van der Waals surface area contributed by atoms with Gasteiger partial charge in [-0.25, -0.2) is 0 Å². The maximum Gasteiger partial charge on any atom is 0.101 e. The smallest absolute Gasteiger partial charge is 0.101 e. The van der Waals surface area contributed by atoms with Crippen molar-refractivity contribution in [3.05, 3.63) is 63.6 Å². The molecular formula is C16H14Cl2N2. The molecule has 0 spiro atoms. The molecule has 0 aliphatic rings. The number of halogens is 2. The van der Waals surface area contributed by atoms with Crippen LogP contribution in [0, 0.1) is 11.3 Å². The molecule has 0 bridgehead atoms. The lowest BCUT2D eigenvalue weighted by Crippen LogP contribution is -2.09. The Kier molecular flexibility index (Phi) is 4.89. The zero-order valence-corrected chi connectivity index (χ0v) is 12.5. The van der Waals surface area contributed by atoms with Gasteiger partial charge in [0.05, 0.1) is 16.6 Å². The van der Waals surface area contributed by atoms with Crippen LogP contribution in [0.4, 0.5) is 5.69 Å². The Labute approximate surface area is 128 Å². The van der Waals surface area contributed by atoms with E-state index in [9.17, 15) is 0 Å². The highest BCUT2D eigenvalue weighted by Gasteiger charge is 2.10. The lowest BCUT2D eigenvalue weighted by Gasteiger charge is -2.19. The van der Waals surface area contributed by atoms with Crippen molar-refractivity contribution in [2.24, 2.45) is 0 Å². The SMILES string of the molecule is CCC(Nc1ccc(C#N)c(Cl)c1)c1ccc(Cl)cc1. The first-order valence-corrected chi connectivity index (χ1v) is 7.11. The van der Waals surface area contributed by atoms with Crippen LogP contribution in [0.15, 0.2) is 42.5 Å². The highest BCUT2D eigenvalue weighted by Crippen LogP contribution is 2.26. The molecule has 0 aromatic heterocycles. The van der Waals surface area contributed by atoms with Crippen LogP contribution in [-0.4, -0.2) is 0 Å². The van der Waals surface area contributed by atoms with Crippen LogP contribution in [0.1, 0.15) is 30.5 Å². The standard InChI is InChI=1S/C16H14Cl2N2/c1-2-16(11-3-6-13(17)7-4-11)20-14-8-5-12(10-19)15(18)9-14/h3-9,16,20H,2H2,1H3. The van der Waals surface area contributed by atoms with E-state index in [2.05, 4.69) is 18.3 Å². The summed E-state index contributed by atoms with van der Waals surface area (Å²) in [5, 5.41) is 13.5. The molecule has 4 heteroatoms. The van der Waals surface area contributed by atoms with Gasteiger partial charge in [-0.2, -0.15) is 5.26 Å². The molecule has 2 aromatic carbocycles. The van der Waals surface area contributed by atoms with Crippen molar-refractivity contribution in [3.63, 3.8) is 0 Å². The predicted molar refractivity (Wildman–Crippen MR) is 84.3 cm³/mol. The molecule has 0 fully saturated rings. The molecule has 0 radical (unpaired) electrons. The van der Waals surface area contributed by atoms with Crippen LogP contribution in [0.2, 0.25) is 10.0 Å². The largest absolute Gasteiger partial charge is 0.378 e. The Morgan fingerprint density at radius 2 is 1.85 bits per heavy atom. The quantitative estimate of drug-likeness (QED) is 0.817. The molecule has 2 rings (SSSR count). The number of anilines is 1. The molecule has 2 aromatic rings. The minimum absolute atomic E-state index is 0.177. The van der Waals surface area contributed by atoms with Gasteiger partial charge in [0, 0.05) is 10.7 Å². The van der Waals surface area contributed by atoms with Crippen molar-refractivity contribution >= 4 is 28.9 Å². The number of nitrogens with one attached hydrogen (secondary N) is 1. The summed E-state index contributed by atoms with van der Waals surface area (Å²) in [5.74, 6) is 0. The lowest BCUT2D eigenvalue weighted by molar-refractivity contribution is 0.749. The fraction of sp³-hybridized carbons (Fsp3) is 0.188.